The third-order valence-corrected chi connectivity index (χ3v) is 2.72. The zero-order valence-corrected chi connectivity index (χ0v) is 11.4. The minimum Gasteiger partial charge on any atom is -0.382 e. The molecule has 1 unspecified atom stereocenters. The molecule has 0 amide bonds. The van der Waals surface area contributed by atoms with Crippen LogP contribution in [0.1, 0.15) is 11.1 Å². The molecular formula is C14H23NO3. The van der Waals surface area contributed by atoms with Crippen molar-refractivity contribution in [1.82, 2.24) is 5.32 Å². The molecule has 0 aromatic heterocycles. The van der Waals surface area contributed by atoms with Crippen LogP contribution in [-0.2, 0) is 27.4 Å². The second-order valence-electron chi connectivity index (χ2n) is 4.19. The summed E-state index contributed by atoms with van der Waals surface area (Å²) in [5.41, 5.74) is 2.44. The fourth-order valence-corrected chi connectivity index (χ4v) is 1.69. The lowest BCUT2D eigenvalue weighted by Crippen LogP contribution is -2.31. The van der Waals surface area contributed by atoms with Gasteiger partial charge in [0.15, 0.2) is 0 Å². The number of ether oxygens (including phenoxy) is 3. The van der Waals surface area contributed by atoms with Gasteiger partial charge >= 0.3 is 0 Å². The van der Waals surface area contributed by atoms with Crippen LogP contribution in [0.25, 0.3) is 0 Å². The van der Waals surface area contributed by atoms with Crippen LogP contribution in [0.5, 0.6) is 0 Å². The average molecular weight is 253 g/mol. The molecule has 1 atom stereocenters. The summed E-state index contributed by atoms with van der Waals surface area (Å²) < 4.78 is 15.4. The molecule has 1 aromatic rings. The molecule has 0 spiro atoms. The summed E-state index contributed by atoms with van der Waals surface area (Å²) in [6, 6.07) is 8.39. The molecule has 0 bridgehead atoms. The molecule has 1 aromatic carbocycles. The van der Waals surface area contributed by atoms with E-state index in [9.17, 15) is 0 Å². The van der Waals surface area contributed by atoms with Gasteiger partial charge in [0.05, 0.1) is 19.3 Å². The van der Waals surface area contributed by atoms with Crippen LogP contribution < -0.4 is 5.32 Å². The van der Waals surface area contributed by atoms with E-state index < -0.39 is 0 Å². The van der Waals surface area contributed by atoms with E-state index in [1.165, 1.54) is 11.1 Å². The number of rotatable bonds is 9. The molecule has 102 valence electrons. The van der Waals surface area contributed by atoms with Crippen LogP contribution in [0.2, 0.25) is 0 Å². The van der Waals surface area contributed by atoms with Gasteiger partial charge in [0, 0.05) is 34.4 Å². The first-order valence-electron chi connectivity index (χ1n) is 6.09. The Morgan fingerprint density at radius 1 is 1.00 bits per heavy atom. The first-order chi connectivity index (χ1) is 8.80. The van der Waals surface area contributed by atoms with E-state index in [0.717, 1.165) is 13.1 Å². The molecule has 0 saturated carbocycles. The summed E-state index contributed by atoms with van der Waals surface area (Å²) in [5, 5.41) is 3.35. The maximum Gasteiger partial charge on any atom is 0.0928 e. The van der Waals surface area contributed by atoms with Gasteiger partial charge in [-0.1, -0.05) is 24.3 Å². The van der Waals surface area contributed by atoms with Crippen molar-refractivity contribution in [2.75, 3.05) is 34.5 Å². The van der Waals surface area contributed by atoms with Crippen LogP contribution in [0, 0.1) is 0 Å². The first kappa shape index (κ1) is 15.1. The fourth-order valence-electron chi connectivity index (χ4n) is 1.69. The standard InChI is InChI=1S/C14H23NO3/c1-16-10-13-6-4-12(5-7-13)8-15-9-14(18-3)11-17-2/h4-7,14-15H,8-11H2,1-3H3. The van der Waals surface area contributed by atoms with Crippen molar-refractivity contribution in [1.29, 1.82) is 0 Å². The van der Waals surface area contributed by atoms with Gasteiger partial charge in [-0.2, -0.15) is 0 Å². The molecule has 0 radical (unpaired) electrons. The van der Waals surface area contributed by atoms with Crippen molar-refractivity contribution in [3.05, 3.63) is 35.4 Å². The van der Waals surface area contributed by atoms with Crippen molar-refractivity contribution in [3.63, 3.8) is 0 Å². The van der Waals surface area contributed by atoms with Gasteiger partial charge in [0.25, 0.3) is 0 Å². The Hall–Kier alpha value is -0.940. The Bertz CT molecular complexity index is 313. The van der Waals surface area contributed by atoms with Crippen molar-refractivity contribution in [3.8, 4) is 0 Å². The lowest BCUT2D eigenvalue weighted by molar-refractivity contribution is 0.0288. The van der Waals surface area contributed by atoms with Crippen LogP contribution in [0.4, 0.5) is 0 Å². The molecule has 0 heterocycles. The highest BCUT2D eigenvalue weighted by molar-refractivity contribution is 5.21. The molecule has 4 nitrogen and oxygen atoms in total. The minimum absolute atomic E-state index is 0.0998. The summed E-state index contributed by atoms with van der Waals surface area (Å²) in [4.78, 5) is 0. The Labute approximate surface area is 109 Å². The maximum atomic E-state index is 5.28. The molecule has 0 aliphatic rings. The first-order valence-corrected chi connectivity index (χ1v) is 6.09. The van der Waals surface area contributed by atoms with E-state index in [1.54, 1.807) is 21.3 Å². The normalized spacial score (nSPS) is 12.6. The van der Waals surface area contributed by atoms with Crippen LogP contribution in [0.15, 0.2) is 24.3 Å². The Morgan fingerprint density at radius 3 is 2.22 bits per heavy atom. The quantitative estimate of drug-likeness (QED) is 0.725. The second-order valence-corrected chi connectivity index (χ2v) is 4.19. The number of hydrogen-bond acceptors (Lipinski definition) is 4. The molecule has 0 aliphatic carbocycles. The molecule has 0 fully saturated rings. The smallest absolute Gasteiger partial charge is 0.0928 e. The van der Waals surface area contributed by atoms with Gasteiger partial charge in [-0.05, 0) is 11.1 Å². The van der Waals surface area contributed by atoms with E-state index in [2.05, 4.69) is 29.6 Å². The predicted molar refractivity (Wildman–Crippen MR) is 71.5 cm³/mol. The Morgan fingerprint density at radius 2 is 1.67 bits per heavy atom. The van der Waals surface area contributed by atoms with Crippen LogP contribution >= 0.6 is 0 Å². The number of nitrogens with one attached hydrogen (secondary N) is 1. The van der Waals surface area contributed by atoms with Crippen molar-refractivity contribution < 1.29 is 14.2 Å². The summed E-state index contributed by atoms with van der Waals surface area (Å²) in [6.45, 7) is 2.88. The zero-order valence-electron chi connectivity index (χ0n) is 11.4. The van der Waals surface area contributed by atoms with Crippen molar-refractivity contribution in [2.24, 2.45) is 0 Å². The van der Waals surface area contributed by atoms with E-state index in [0.29, 0.717) is 13.2 Å². The van der Waals surface area contributed by atoms with Crippen molar-refractivity contribution in [2.45, 2.75) is 19.3 Å². The van der Waals surface area contributed by atoms with Gasteiger partial charge in [0.2, 0.25) is 0 Å². The summed E-state index contributed by atoms with van der Waals surface area (Å²) in [7, 11) is 5.08. The summed E-state index contributed by atoms with van der Waals surface area (Å²) in [6.07, 6.45) is 0.0998. The SMILES string of the molecule is COCc1ccc(CNCC(COC)OC)cc1. The maximum absolute atomic E-state index is 5.28. The van der Waals surface area contributed by atoms with Gasteiger partial charge in [-0.15, -0.1) is 0 Å². The minimum atomic E-state index is 0.0998. The van der Waals surface area contributed by atoms with Crippen LogP contribution in [-0.4, -0.2) is 40.6 Å². The highest BCUT2D eigenvalue weighted by Crippen LogP contribution is 2.05. The van der Waals surface area contributed by atoms with E-state index in [1.807, 2.05) is 0 Å². The molecule has 0 aliphatic heterocycles. The third-order valence-electron chi connectivity index (χ3n) is 2.72. The number of methoxy groups -OCH3 is 3. The van der Waals surface area contributed by atoms with E-state index in [4.69, 9.17) is 14.2 Å². The molecule has 18 heavy (non-hydrogen) atoms. The predicted octanol–water partition coefficient (Wildman–Crippen LogP) is 1.58. The molecule has 1 rings (SSSR count). The molecule has 1 N–H and O–H groups in total. The Balaban J connectivity index is 2.30. The number of benzene rings is 1. The molecule has 0 saturated heterocycles. The second kappa shape index (κ2) is 9.05. The van der Waals surface area contributed by atoms with Gasteiger partial charge in [0.1, 0.15) is 0 Å². The fraction of sp³-hybridized carbons (Fsp3) is 0.571. The number of hydrogen-bond donors (Lipinski definition) is 1. The highest BCUT2D eigenvalue weighted by Gasteiger charge is 2.05. The topological polar surface area (TPSA) is 39.7 Å². The molecular weight excluding hydrogens is 230 g/mol. The largest absolute Gasteiger partial charge is 0.382 e. The van der Waals surface area contributed by atoms with Gasteiger partial charge in [-0.3, -0.25) is 0 Å². The third kappa shape index (κ3) is 5.60. The van der Waals surface area contributed by atoms with E-state index in [-0.39, 0.29) is 6.10 Å². The lowest BCUT2D eigenvalue weighted by Gasteiger charge is -2.15. The summed E-state index contributed by atoms with van der Waals surface area (Å²) >= 11 is 0. The van der Waals surface area contributed by atoms with Gasteiger partial charge in [-0.25, -0.2) is 0 Å². The van der Waals surface area contributed by atoms with E-state index >= 15 is 0 Å². The van der Waals surface area contributed by atoms with Crippen molar-refractivity contribution >= 4 is 0 Å². The zero-order chi connectivity index (χ0) is 13.2. The lowest BCUT2D eigenvalue weighted by atomic mass is 10.1. The summed E-state index contributed by atoms with van der Waals surface area (Å²) in [5.74, 6) is 0. The van der Waals surface area contributed by atoms with Gasteiger partial charge < -0.3 is 19.5 Å². The van der Waals surface area contributed by atoms with Crippen LogP contribution in [0.3, 0.4) is 0 Å². The highest BCUT2D eigenvalue weighted by atomic mass is 16.5. The monoisotopic (exact) mass is 253 g/mol. The Kier molecular flexibility index (Phi) is 7.60. The average Bonchev–Trinajstić information content (AvgIpc) is 2.40. The molecule has 4 heteroatoms.